The number of unbranched alkanes of at least 4 members (excludes halogenated alkanes) is 1. The zero-order valence-electron chi connectivity index (χ0n) is 22.7. The van der Waals surface area contributed by atoms with E-state index >= 15 is 0 Å². The van der Waals surface area contributed by atoms with Crippen molar-refractivity contribution < 1.29 is 19.2 Å². The van der Waals surface area contributed by atoms with Gasteiger partial charge in [-0.1, -0.05) is 55.4 Å². The number of nitrogens with two attached hydrogens (primary N) is 1. The van der Waals surface area contributed by atoms with Gasteiger partial charge in [-0.15, -0.1) is 0 Å². The van der Waals surface area contributed by atoms with Gasteiger partial charge >= 0.3 is 0 Å². The Morgan fingerprint density at radius 1 is 0.735 bits per heavy atom. The average molecular weight is 483 g/mol. The SMILES string of the molecule is CC(C)CC(NC(=O)C(CC(C)C)C(C)C)C(=O)NCC(=O)NC(CCCCN)C(=O)C(C)C. The highest BCUT2D eigenvalue weighted by Crippen LogP contribution is 2.21. The third kappa shape index (κ3) is 13.1. The average Bonchev–Trinajstić information content (AvgIpc) is 2.73. The summed E-state index contributed by atoms with van der Waals surface area (Å²) >= 11 is 0. The van der Waals surface area contributed by atoms with Crippen LogP contribution in [-0.2, 0) is 19.2 Å². The molecule has 0 aliphatic heterocycles. The lowest BCUT2D eigenvalue weighted by molar-refractivity contribution is -0.133. The van der Waals surface area contributed by atoms with Crippen LogP contribution >= 0.6 is 0 Å². The maximum Gasteiger partial charge on any atom is 0.243 e. The number of carbonyl (C=O) groups is 4. The van der Waals surface area contributed by atoms with Crippen LogP contribution in [-0.4, -0.2) is 48.7 Å². The molecule has 0 saturated carbocycles. The second-order valence-corrected chi connectivity index (χ2v) is 10.9. The van der Waals surface area contributed by atoms with Crippen molar-refractivity contribution in [2.75, 3.05) is 13.1 Å². The van der Waals surface area contributed by atoms with E-state index in [-0.39, 0.29) is 47.8 Å². The van der Waals surface area contributed by atoms with Gasteiger partial charge in [-0.3, -0.25) is 19.2 Å². The first kappa shape index (κ1) is 32.0. The maximum absolute atomic E-state index is 12.9. The summed E-state index contributed by atoms with van der Waals surface area (Å²) in [6, 6.07) is -1.31. The van der Waals surface area contributed by atoms with E-state index in [1.54, 1.807) is 13.8 Å². The number of amides is 3. The van der Waals surface area contributed by atoms with Gasteiger partial charge in [-0.2, -0.15) is 0 Å². The first-order valence-electron chi connectivity index (χ1n) is 12.9. The molecule has 8 heteroatoms. The normalized spacial score (nSPS) is 14.3. The molecule has 3 amide bonds. The number of nitrogens with one attached hydrogen (secondary N) is 3. The molecular weight excluding hydrogens is 432 g/mol. The molecule has 8 nitrogen and oxygen atoms in total. The summed E-state index contributed by atoms with van der Waals surface area (Å²) in [7, 11) is 0. The molecule has 0 fully saturated rings. The van der Waals surface area contributed by atoms with Gasteiger partial charge in [0.05, 0.1) is 12.6 Å². The van der Waals surface area contributed by atoms with Gasteiger partial charge in [0, 0.05) is 11.8 Å². The van der Waals surface area contributed by atoms with Crippen LogP contribution in [0.25, 0.3) is 0 Å². The topological polar surface area (TPSA) is 130 Å². The number of ketones is 1. The standard InChI is InChI=1S/C26H50N4O4/c1-16(2)13-20(18(5)6)25(33)30-22(14-17(3)4)26(34)28-15-23(31)29-21(11-9-10-12-27)24(32)19(7)8/h16-22H,9-15,27H2,1-8H3,(H,28,34)(H,29,31)(H,30,33). The van der Waals surface area contributed by atoms with E-state index in [9.17, 15) is 19.2 Å². The number of carbonyl (C=O) groups excluding carboxylic acids is 4. The monoisotopic (exact) mass is 482 g/mol. The minimum Gasteiger partial charge on any atom is -0.345 e. The summed E-state index contributed by atoms with van der Waals surface area (Å²) in [5.41, 5.74) is 5.54. The van der Waals surface area contributed by atoms with Crippen LogP contribution < -0.4 is 21.7 Å². The molecule has 3 atom stereocenters. The molecule has 34 heavy (non-hydrogen) atoms. The van der Waals surface area contributed by atoms with Crippen molar-refractivity contribution >= 4 is 23.5 Å². The Balaban J connectivity index is 5.12. The van der Waals surface area contributed by atoms with Crippen molar-refractivity contribution in [3.63, 3.8) is 0 Å². The van der Waals surface area contributed by atoms with Crippen molar-refractivity contribution in [1.29, 1.82) is 0 Å². The zero-order valence-corrected chi connectivity index (χ0v) is 22.7. The Morgan fingerprint density at radius 2 is 1.32 bits per heavy atom. The van der Waals surface area contributed by atoms with Crippen molar-refractivity contribution in [2.24, 2.45) is 35.3 Å². The maximum atomic E-state index is 12.9. The molecule has 5 N–H and O–H groups in total. The largest absolute Gasteiger partial charge is 0.345 e. The molecule has 0 rings (SSSR count). The lowest BCUT2D eigenvalue weighted by Crippen LogP contribution is -2.52. The summed E-state index contributed by atoms with van der Waals surface area (Å²) in [5.74, 6) is -0.652. The van der Waals surface area contributed by atoms with Crippen LogP contribution in [0.1, 0.15) is 87.5 Å². The minimum absolute atomic E-state index is 0.0356. The van der Waals surface area contributed by atoms with Gasteiger partial charge in [0.25, 0.3) is 0 Å². The van der Waals surface area contributed by atoms with Gasteiger partial charge in [0.1, 0.15) is 6.04 Å². The van der Waals surface area contributed by atoms with E-state index in [0.717, 1.165) is 19.3 Å². The third-order valence-electron chi connectivity index (χ3n) is 5.82. The lowest BCUT2D eigenvalue weighted by Gasteiger charge is -2.26. The molecule has 0 aromatic rings. The van der Waals surface area contributed by atoms with Crippen LogP contribution in [0.3, 0.4) is 0 Å². The van der Waals surface area contributed by atoms with Crippen molar-refractivity contribution in [2.45, 2.75) is 99.6 Å². The Hall–Kier alpha value is -1.96. The van der Waals surface area contributed by atoms with Crippen LogP contribution in [0, 0.1) is 29.6 Å². The molecule has 3 unspecified atom stereocenters. The highest BCUT2D eigenvalue weighted by atomic mass is 16.2. The van der Waals surface area contributed by atoms with Crippen molar-refractivity contribution in [3.8, 4) is 0 Å². The zero-order chi connectivity index (χ0) is 26.4. The Morgan fingerprint density at radius 3 is 1.79 bits per heavy atom. The van der Waals surface area contributed by atoms with Gasteiger partial charge in [-0.25, -0.2) is 0 Å². The predicted molar refractivity (Wildman–Crippen MR) is 137 cm³/mol. The molecule has 0 spiro atoms. The summed E-state index contributed by atoms with van der Waals surface area (Å²) in [4.78, 5) is 50.8. The quantitative estimate of drug-likeness (QED) is 0.237. The summed E-state index contributed by atoms with van der Waals surface area (Å²) in [6.07, 6.45) is 3.25. The molecular formula is C26H50N4O4. The van der Waals surface area contributed by atoms with E-state index in [0.29, 0.717) is 25.3 Å². The van der Waals surface area contributed by atoms with Crippen molar-refractivity contribution in [3.05, 3.63) is 0 Å². The first-order valence-corrected chi connectivity index (χ1v) is 12.9. The van der Waals surface area contributed by atoms with Gasteiger partial charge in [0.15, 0.2) is 5.78 Å². The number of hydrogen-bond acceptors (Lipinski definition) is 5. The molecule has 0 bridgehead atoms. The van der Waals surface area contributed by atoms with E-state index in [4.69, 9.17) is 5.73 Å². The molecule has 0 heterocycles. The van der Waals surface area contributed by atoms with Gasteiger partial charge in [-0.05, 0) is 56.4 Å². The van der Waals surface area contributed by atoms with E-state index in [2.05, 4.69) is 29.8 Å². The molecule has 198 valence electrons. The Kier molecular flexibility index (Phi) is 15.7. The van der Waals surface area contributed by atoms with E-state index in [1.165, 1.54) is 0 Å². The number of rotatable bonds is 17. The smallest absolute Gasteiger partial charge is 0.243 e. The molecule has 0 saturated heterocycles. The summed E-state index contributed by atoms with van der Waals surface area (Å²) in [6.45, 7) is 16.0. The number of Topliss-reactive ketones (excluding diaryl/α,β-unsaturated/α-hetero) is 1. The summed E-state index contributed by atoms with van der Waals surface area (Å²) in [5, 5.41) is 8.32. The van der Waals surface area contributed by atoms with Crippen molar-refractivity contribution in [1.82, 2.24) is 16.0 Å². The van der Waals surface area contributed by atoms with E-state index in [1.807, 2.05) is 27.7 Å². The fourth-order valence-corrected chi connectivity index (χ4v) is 3.89. The fraction of sp³-hybridized carbons (Fsp3) is 0.846. The molecule has 0 radical (unpaired) electrons. The fourth-order valence-electron chi connectivity index (χ4n) is 3.89. The van der Waals surface area contributed by atoms with E-state index < -0.39 is 18.0 Å². The summed E-state index contributed by atoms with van der Waals surface area (Å²) < 4.78 is 0. The predicted octanol–water partition coefficient (Wildman–Crippen LogP) is 2.79. The second-order valence-electron chi connectivity index (χ2n) is 10.9. The molecule has 0 aliphatic carbocycles. The second kappa shape index (κ2) is 16.6. The van der Waals surface area contributed by atoms with Crippen LogP contribution in [0.4, 0.5) is 0 Å². The van der Waals surface area contributed by atoms with Gasteiger partial charge in [0.2, 0.25) is 17.7 Å². The van der Waals surface area contributed by atoms with Crippen LogP contribution in [0.2, 0.25) is 0 Å². The minimum atomic E-state index is -0.716. The van der Waals surface area contributed by atoms with Crippen LogP contribution in [0.15, 0.2) is 0 Å². The van der Waals surface area contributed by atoms with Crippen LogP contribution in [0.5, 0.6) is 0 Å². The Labute approximate surface area is 206 Å². The third-order valence-corrected chi connectivity index (χ3v) is 5.82. The number of hydrogen-bond donors (Lipinski definition) is 4. The highest BCUT2D eigenvalue weighted by molar-refractivity contribution is 5.93. The molecule has 0 aromatic heterocycles. The molecule has 0 aliphatic rings. The van der Waals surface area contributed by atoms with Gasteiger partial charge < -0.3 is 21.7 Å². The molecule has 0 aromatic carbocycles. The lowest BCUT2D eigenvalue weighted by atomic mass is 9.86. The highest BCUT2D eigenvalue weighted by Gasteiger charge is 2.29. The first-order chi connectivity index (χ1) is 15.8. The Bertz CT molecular complexity index is 647.